The van der Waals surface area contributed by atoms with Crippen LogP contribution >= 0.6 is 0 Å². The van der Waals surface area contributed by atoms with E-state index in [2.05, 4.69) is 91.8 Å². The second kappa shape index (κ2) is 31.3. The first-order valence-electron chi connectivity index (χ1n) is 26.2. The van der Waals surface area contributed by atoms with Gasteiger partial charge in [0.05, 0.1) is 18.8 Å². The predicted octanol–water partition coefficient (Wildman–Crippen LogP) is 15.6. The lowest BCUT2D eigenvalue weighted by molar-refractivity contribution is -0.146. The van der Waals surface area contributed by atoms with Crippen molar-refractivity contribution in [2.45, 2.75) is 271 Å². The van der Waals surface area contributed by atoms with E-state index in [9.17, 15) is 9.59 Å². The second-order valence-electron chi connectivity index (χ2n) is 23.0. The van der Waals surface area contributed by atoms with Gasteiger partial charge in [-0.25, -0.2) is 9.59 Å². The maximum Gasteiger partial charge on any atom is 0.408 e. The van der Waals surface area contributed by atoms with Crippen molar-refractivity contribution in [3.63, 3.8) is 0 Å². The molecule has 1 N–H and O–H groups in total. The molecule has 2 unspecified atom stereocenters. The number of amides is 1. The van der Waals surface area contributed by atoms with Gasteiger partial charge >= 0.3 is 12.1 Å². The van der Waals surface area contributed by atoms with Crippen molar-refractivity contribution in [2.24, 2.45) is 0 Å². The van der Waals surface area contributed by atoms with Gasteiger partial charge in [-0.3, -0.25) is 4.90 Å². The summed E-state index contributed by atoms with van der Waals surface area (Å²) < 4.78 is 26.2. The van der Waals surface area contributed by atoms with Crippen molar-refractivity contribution < 1.29 is 27.9 Å². The van der Waals surface area contributed by atoms with E-state index in [-0.39, 0.29) is 28.9 Å². The molecule has 374 valence electrons. The number of hydrogen-bond donors (Lipinski definition) is 1. The standard InChI is InChI=1S/C54H104N2O6Si2/c1-16-18-20-22-24-26-28-33-38-47(61-63(12,13)53(6,7)8)44-56(45-48(62-64(14,15)54(9,10)11)39-34-29-27-25-23-21-19-17-2)42-35-43-59-50(57)49(55-51(58)60-52(3,4)5)41-40-46-36-31-30-32-37-46/h30-32,36-37,47-49H,16-29,33-35,38-45H2,1-15H3,(H,55,58)/t47?,48?,49-/m0/s1. The SMILES string of the molecule is CCCCCCCCCCC(CN(CCCOC(=O)[C@H](CCc1ccccc1)NC(=O)OC(C)(C)C)CC(CCCCCCCCCC)O[Si](C)(C)C(C)(C)C)O[Si](C)(C)C(C)(C)C. The lowest BCUT2D eigenvalue weighted by Crippen LogP contribution is -2.50. The fourth-order valence-electron chi connectivity index (χ4n) is 7.62. The zero-order chi connectivity index (χ0) is 48.3. The van der Waals surface area contributed by atoms with Crippen LogP contribution in [0.3, 0.4) is 0 Å². The molecule has 64 heavy (non-hydrogen) atoms. The third-order valence-corrected chi connectivity index (χ3v) is 22.7. The first-order valence-corrected chi connectivity index (χ1v) is 32.0. The number of alkyl carbamates (subject to hydrolysis) is 1. The fraction of sp³-hybridized carbons (Fsp3) is 0.852. The van der Waals surface area contributed by atoms with Crippen molar-refractivity contribution in [1.29, 1.82) is 0 Å². The van der Waals surface area contributed by atoms with Crippen LogP contribution in [0.4, 0.5) is 4.79 Å². The van der Waals surface area contributed by atoms with Crippen LogP contribution in [-0.2, 0) is 29.5 Å². The third kappa shape index (κ3) is 27.8. The molecule has 1 amide bonds. The number of nitrogens with one attached hydrogen (secondary N) is 1. The number of nitrogens with zero attached hydrogens (tertiary/aromatic N) is 1. The van der Waals surface area contributed by atoms with E-state index < -0.39 is 40.3 Å². The average Bonchev–Trinajstić information content (AvgIpc) is 3.18. The molecule has 8 nitrogen and oxygen atoms in total. The lowest BCUT2D eigenvalue weighted by atomic mass is 10.0. The Labute approximate surface area is 398 Å². The Bertz CT molecular complexity index is 1300. The summed E-state index contributed by atoms with van der Waals surface area (Å²) in [6, 6.07) is 9.23. The minimum absolute atomic E-state index is 0.110. The Kier molecular flexibility index (Phi) is 29.5. The number of ether oxygens (including phenoxy) is 2. The number of unbranched alkanes of at least 4 members (excludes halogenated alkanes) is 14. The highest BCUT2D eigenvalue weighted by molar-refractivity contribution is 6.74. The third-order valence-electron chi connectivity index (χ3n) is 13.6. The molecule has 3 atom stereocenters. The monoisotopic (exact) mass is 933 g/mol. The van der Waals surface area contributed by atoms with Crippen LogP contribution in [0.2, 0.25) is 36.3 Å². The Morgan fingerprint density at radius 2 is 1.02 bits per heavy atom. The lowest BCUT2D eigenvalue weighted by Gasteiger charge is -2.42. The molecule has 0 aromatic heterocycles. The summed E-state index contributed by atoms with van der Waals surface area (Å²) in [6.45, 7) is 36.4. The molecule has 10 heteroatoms. The summed E-state index contributed by atoms with van der Waals surface area (Å²) >= 11 is 0. The zero-order valence-electron chi connectivity index (χ0n) is 44.7. The molecular weight excluding hydrogens is 829 g/mol. The molecule has 0 aliphatic heterocycles. The smallest absolute Gasteiger partial charge is 0.408 e. The van der Waals surface area contributed by atoms with Crippen LogP contribution in [0, 0.1) is 0 Å². The van der Waals surface area contributed by atoms with Crippen molar-refractivity contribution in [3.05, 3.63) is 35.9 Å². The topological polar surface area (TPSA) is 86.3 Å². The molecule has 1 aromatic carbocycles. The van der Waals surface area contributed by atoms with E-state index in [1.54, 1.807) is 0 Å². The molecule has 0 radical (unpaired) electrons. The first-order chi connectivity index (χ1) is 29.9. The maximum atomic E-state index is 13.7. The van der Waals surface area contributed by atoms with Gasteiger partial charge in [0.25, 0.3) is 0 Å². The molecule has 0 spiro atoms. The molecule has 0 fully saturated rings. The van der Waals surface area contributed by atoms with Gasteiger partial charge in [0.15, 0.2) is 16.6 Å². The average molecular weight is 934 g/mol. The summed E-state index contributed by atoms with van der Waals surface area (Å²) in [5.74, 6) is -0.420. The first kappa shape index (κ1) is 60.3. The number of rotatable bonds is 35. The van der Waals surface area contributed by atoms with Crippen molar-refractivity contribution in [3.8, 4) is 0 Å². The molecule has 0 bridgehead atoms. The van der Waals surface area contributed by atoms with Crippen LogP contribution in [-0.4, -0.2) is 83.7 Å². The highest BCUT2D eigenvalue weighted by Crippen LogP contribution is 2.39. The van der Waals surface area contributed by atoms with Crippen LogP contribution in [0.15, 0.2) is 30.3 Å². The van der Waals surface area contributed by atoms with Gasteiger partial charge in [0.2, 0.25) is 0 Å². The molecule has 0 saturated carbocycles. The summed E-state index contributed by atoms with van der Waals surface area (Å²) in [7, 11) is -4.13. The van der Waals surface area contributed by atoms with Crippen molar-refractivity contribution in [1.82, 2.24) is 10.2 Å². The highest BCUT2D eigenvalue weighted by Gasteiger charge is 2.41. The van der Waals surface area contributed by atoms with Gasteiger partial charge in [0, 0.05) is 19.6 Å². The number of hydrogen-bond acceptors (Lipinski definition) is 7. The van der Waals surface area contributed by atoms with E-state index in [0.29, 0.717) is 19.3 Å². The summed E-state index contributed by atoms with van der Waals surface area (Å²) in [6.07, 6.45) is 24.2. The Hall–Kier alpha value is -1.73. The van der Waals surface area contributed by atoms with Crippen LogP contribution < -0.4 is 5.32 Å². The summed E-state index contributed by atoms with van der Waals surface area (Å²) in [5.41, 5.74) is 0.423. The quantitative estimate of drug-likeness (QED) is 0.0412. The largest absolute Gasteiger partial charge is 0.464 e. The molecule has 0 saturated heterocycles. The number of carbonyl (C=O) groups excluding carboxylic acids is 2. The van der Waals surface area contributed by atoms with Gasteiger partial charge in [0.1, 0.15) is 11.6 Å². The molecule has 1 aromatic rings. The zero-order valence-corrected chi connectivity index (χ0v) is 46.7. The van der Waals surface area contributed by atoms with Crippen LogP contribution in [0.5, 0.6) is 0 Å². The number of benzene rings is 1. The Morgan fingerprint density at radius 1 is 0.594 bits per heavy atom. The number of carbonyl (C=O) groups is 2. The summed E-state index contributed by atoms with van der Waals surface area (Å²) in [4.78, 5) is 29.2. The van der Waals surface area contributed by atoms with E-state index in [1.807, 2.05) is 51.1 Å². The van der Waals surface area contributed by atoms with E-state index >= 15 is 0 Å². The van der Waals surface area contributed by atoms with Gasteiger partial charge in [-0.05, 0) is 94.7 Å². The summed E-state index contributed by atoms with van der Waals surface area (Å²) in [5, 5.41) is 3.04. The van der Waals surface area contributed by atoms with Gasteiger partial charge in [-0.2, -0.15) is 0 Å². The second-order valence-corrected chi connectivity index (χ2v) is 32.5. The fourth-order valence-corrected chi connectivity index (χ4v) is 10.4. The van der Waals surface area contributed by atoms with Gasteiger partial charge < -0.3 is 23.6 Å². The molecule has 1 rings (SSSR count). The van der Waals surface area contributed by atoms with E-state index in [0.717, 1.165) is 38.0 Å². The number of esters is 1. The van der Waals surface area contributed by atoms with Gasteiger partial charge in [-0.15, -0.1) is 0 Å². The minimum atomic E-state index is -2.06. The highest BCUT2D eigenvalue weighted by atomic mass is 28.4. The van der Waals surface area contributed by atoms with E-state index in [1.165, 1.54) is 103 Å². The molecule has 0 aliphatic rings. The molecule has 0 aliphatic carbocycles. The Morgan fingerprint density at radius 3 is 1.42 bits per heavy atom. The van der Waals surface area contributed by atoms with E-state index in [4.69, 9.17) is 18.3 Å². The van der Waals surface area contributed by atoms with Crippen LogP contribution in [0.25, 0.3) is 0 Å². The van der Waals surface area contributed by atoms with Gasteiger partial charge in [-0.1, -0.05) is 188 Å². The van der Waals surface area contributed by atoms with Crippen molar-refractivity contribution >= 4 is 28.7 Å². The number of aryl methyl sites for hydroxylation is 1. The predicted molar refractivity (Wildman–Crippen MR) is 279 cm³/mol. The molecular formula is C54H104N2O6Si2. The van der Waals surface area contributed by atoms with Crippen LogP contribution in [0.1, 0.15) is 210 Å². The maximum absolute atomic E-state index is 13.7. The molecule has 0 heterocycles. The Balaban J connectivity index is 3.35. The minimum Gasteiger partial charge on any atom is -0.464 e. The van der Waals surface area contributed by atoms with Crippen molar-refractivity contribution in [2.75, 3.05) is 26.2 Å². The normalized spacial score (nSPS) is 14.4.